The maximum atomic E-state index is 11.5. The van der Waals surface area contributed by atoms with Crippen molar-refractivity contribution in [3.63, 3.8) is 0 Å². The van der Waals surface area contributed by atoms with Crippen LogP contribution in [0.2, 0.25) is 0 Å². The van der Waals surface area contributed by atoms with E-state index in [0.29, 0.717) is 31.5 Å². The van der Waals surface area contributed by atoms with E-state index in [1.165, 1.54) is 0 Å². The molecule has 2 atom stereocenters. The molecule has 116 valence electrons. The van der Waals surface area contributed by atoms with Crippen molar-refractivity contribution in [1.29, 1.82) is 0 Å². The Morgan fingerprint density at radius 3 is 2.70 bits per heavy atom. The fraction of sp³-hybridized carbons (Fsp3) is 0.857. The van der Waals surface area contributed by atoms with Crippen LogP contribution >= 0.6 is 0 Å². The Hall–Kier alpha value is -1.30. The number of nitrogens with one attached hydrogen (secondary N) is 2. The average molecular weight is 286 g/mol. The Morgan fingerprint density at radius 1 is 1.30 bits per heavy atom. The Labute approximate surface area is 120 Å². The summed E-state index contributed by atoms with van der Waals surface area (Å²) >= 11 is 0. The van der Waals surface area contributed by atoms with E-state index in [9.17, 15) is 9.59 Å². The first-order valence-electron chi connectivity index (χ1n) is 7.43. The number of rotatable bonds is 9. The molecule has 1 rings (SSSR count). The van der Waals surface area contributed by atoms with Gasteiger partial charge < -0.3 is 20.5 Å². The Bertz CT molecular complexity index is 304. The van der Waals surface area contributed by atoms with Crippen LogP contribution in [0.4, 0.5) is 4.79 Å². The van der Waals surface area contributed by atoms with E-state index in [1.54, 1.807) is 0 Å². The van der Waals surface area contributed by atoms with E-state index in [2.05, 4.69) is 10.6 Å². The van der Waals surface area contributed by atoms with E-state index >= 15 is 0 Å². The third kappa shape index (κ3) is 7.99. The first kappa shape index (κ1) is 16.8. The molecule has 1 saturated heterocycles. The molecule has 1 aliphatic rings. The van der Waals surface area contributed by atoms with E-state index in [0.717, 1.165) is 32.3 Å². The molecule has 6 heteroatoms. The molecule has 6 nitrogen and oxygen atoms in total. The molecule has 2 amide bonds. The summed E-state index contributed by atoms with van der Waals surface area (Å²) < 4.78 is 5.47. The molecule has 0 aromatic heterocycles. The lowest BCUT2D eigenvalue weighted by molar-refractivity contribution is -0.137. The summed E-state index contributed by atoms with van der Waals surface area (Å²) in [5.74, 6) is -0.463. The van der Waals surface area contributed by atoms with Gasteiger partial charge in [-0.1, -0.05) is 6.92 Å². The lowest BCUT2D eigenvalue weighted by atomic mass is 10.0. The van der Waals surface area contributed by atoms with Crippen molar-refractivity contribution in [2.75, 3.05) is 19.7 Å². The lowest BCUT2D eigenvalue weighted by Gasteiger charge is -2.13. The number of urea groups is 1. The van der Waals surface area contributed by atoms with Crippen LogP contribution in [-0.4, -0.2) is 42.9 Å². The molecule has 2 unspecified atom stereocenters. The largest absolute Gasteiger partial charge is 0.481 e. The van der Waals surface area contributed by atoms with Gasteiger partial charge in [-0.05, 0) is 38.0 Å². The smallest absolute Gasteiger partial charge is 0.314 e. The van der Waals surface area contributed by atoms with Crippen LogP contribution in [0.15, 0.2) is 0 Å². The molecule has 0 aromatic carbocycles. The van der Waals surface area contributed by atoms with Gasteiger partial charge in [0.2, 0.25) is 0 Å². The second kappa shape index (κ2) is 9.58. The van der Waals surface area contributed by atoms with Gasteiger partial charge in [0.1, 0.15) is 0 Å². The zero-order valence-electron chi connectivity index (χ0n) is 12.2. The number of hydrogen-bond donors (Lipinski definition) is 3. The molecule has 1 heterocycles. The number of ether oxygens (including phenoxy) is 1. The van der Waals surface area contributed by atoms with Crippen molar-refractivity contribution >= 4 is 12.0 Å². The monoisotopic (exact) mass is 286 g/mol. The fourth-order valence-electron chi connectivity index (χ4n) is 2.23. The van der Waals surface area contributed by atoms with Crippen LogP contribution in [0.3, 0.4) is 0 Å². The molecule has 1 fully saturated rings. The van der Waals surface area contributed by atoms with Crippen molar-refractivity contribution in [3.8, 4) is 0 Å². The van der Waals surface area contributed by atoms with E-state index in [4.69, 9.17) is 9.84 Å². The molecule has 1 aliphatic heterocycles. The predicted octanol–water partition coefficient (Wildman–Crippen LogP) is 1.75. The Kier molecular flexibility index (Phi) is 8.02. The maximum absolute atomic E-state index is 11.5. The highest BCUT2D eigenvalue weighted by atomic mass is 16.5. The van der Waals surface area contributed by atoms with Gasteiger partial charge >= 0.3 is 12.0 Å². The molecule has 0 saturated carbocycles. The minimum absolute atomic E-state index is 0.159. The van der Waals surface area contributed by atoms with Gasteiger partial charge in [-0.15, -0.1) is 0 Å². The normalized spacial score (nSPS) is 19.6. The summed E-state index contributed by atoms with van der Waals surface area (Å²) in [5.41, 5.74) is 0. The maximum Gasteiger partial charge on any atom is 0.314 e. The van der Waals surface area contributed by atoms with Crippen molar-refractivity contribution in [1.82, 2.24) is 10.6 Å². The highest BCUT2D eigenvalue weighted by molar-refractivity contribution is 5.73. The Balaban J connectivity index is 1.95. The molecular formula is C14H26N2O4. The molecule has 0 aromatic rings. The quantitative estimate of drug-likeness (QED) is 0.602. The topological polar surface area (TPSA) is 87.7 Å². The van der Waals surface area contributed by atoms with Gasteiger partial charge in [0, 0.05) is 26.1 Å². The number of carbonyl (C=O) groups excluding carboxylic acids is 1. The number of aliphatic carboxylic acids is 1. The zero-order chi connectivity index (χ0) is 14.8. The van der Waals surface area contributed by atoms with Crippen molar-refractivity contribution in [2.45, 2.75) is 51.6 Å². The SMILES string of the molecule is CC(CCNC(=O)NCCC1CCCO1)CCC(=O)O. The van der Waals surface area contributed by atoms with Crippen LogP contribution in [0, 0.1) is 5.92 Å². The van der Waals surface area contributed by atoms with Crippen LogP contribution in [0.5, 0.6) is 0 Å². The van der Waals surface area contributed by atoms with Gasteiger partial charge in [0.05, 0.1) is 6.10 Å². The molecule has 0 radical (unpaired) electrons. The molecule has 3 N–H and O–H groups in total. The molecule has 0 spiro atoms. The van der Waals surface area contributed by atoms with Gasteiger partial charge in [-0.25, -0.2) is 4.79 Å². The summed E-state index contributed by atoms with van der Waals surface area (Å²) in [4.78, 5) is 21.9. The van der Waals surface area contributed by atoms with Crippen LogP contribution < -0.4 is 10.6 Å². The lowest BCUT2D eigenvalue weighted by Crippen LogP contribution is -2.37. The summed E-state index contributed by atoms with van der Waals surface area (Å²) in [7, 11) is 0. The van der Waals surface area contributed by atoms with Crippen LogP contribution in [0.25, 0.3) is 0 Å². The third-order valence-corrected chi connectivity index (χ3v) is 3.55. The highest BCUT2D eigenvalue weighted by Gasteiger charge is 2.15. The summed E-state index contributed by atoms with van der Waals surface area (Å²) in [6.07, 6.45) is 5.00. The molecule has 0 aliphatic carbocycles. The first-order valence-corrected chi connectivity index (χ1v) is 7.43. The van der Waals surface area contributed by atoms with E-state index in [-0.39, 0.29) is 12.5 Å². The summed E-state index contributed by atoms with van der Waals surface area (Å²) in [5, 5.41) is 14.2. The summed E-state index contributed by atoms with van der Waals surface area (Å²) in [6, 6.07) is -0.159. The van der Waals surface area contributed by atoms with Gasteiger partial charge in [0.15, 0.2) is 0 Å². The number of amides is 2. The number of carboxylic acids is 1. The zero-order valence-corrected chi connectivity index (χ0v) is 12.2. The van der Waals surface area contributed by atoms with Crippen molar-refractivity contribution < 1.29 is 19.4 Å². The minimum atomic E-state index is -0.767. The second-order valence-corrected chi connectivity index (χ2v) is 5.43. The highest BCUT2D eigenvalue weighted by Crippen LogP contribution is 2.14. The van der Waals surface area contributed by atoms with Crippen LogP contribution in [0.1, 0.15) is 45.4 Å². The van der Waals surface area contributed by atoms with Gasteiger partial charge in [-0.2, -0.15) is 0 Å². The van der Waals surface area contributed by atoms with E-state index < -0.39 is 5.97 Å². The molecular weight excluding hydrogens is 260 g/mol. The molecule has 0 bridgehead atoms. The average Bonchev–Trinajstić information content (AvgIpc) is 2.89. The minimum Gasteiger partial charge on any atom is -0.481 e. The van der Waals surface area contributed by atoms with Crippen LogP contribution in [-0.2, 0) is 9.53 Å². The van der Waals surface area contributed by atoms with Crippen molar-refractivity contribution in [3.05, 3.63) is 0 Å². The number of carbonyl (C=O) groups is 2. The first-order chi connectivity index (χ1) is 9.58. The van der Waals surface area contributed by atoms with E-state index in [1.807, 2.05) is 6.92 Å². The molecule has 20 heavy (non-hydrogen) atoms. The number of hydrogen-bond acceptors (Lipinski definition) is 3. The van der Waals surface area contributed by atoms with Gasteiger partial charge in [0.25, 0.3) is 0 Å². The van der Waals surface area contributed by atoms with Crippen molar-refractivity contribution in [2.24, 2.45) is 5.92 Å². The Morgan fingerprint density at radius 2 is 2.05 bits per heavy atom. The third-order valence-electron chi connectivity index (χ3n) is 3.55. The summed E-state index contributed by atoms with van der Waals surface area (Å²) in [6.45, 7) is 4.04. The standard InChI is InChI=1S/C14H26N2O4/c1-11(4-5-13(17)18)6-8-15-14(19)16-9-7-12-3-2-10-20-12/h11-12H,2-10H2,1H3,(H,17,18)(H2,15,16,19). The van der Waals surface area contributed by atoms with Gasteiger partial charge in [-0.3, -0.25) is 4.79 Å². The second-order valence-electron chi connectivity index (χ2n) is 5.43. The predicted molar refractivity (Wildman–Crippen MR) is 75.6 cm³/mol. The fourth-order valence-corrected chi connectivity index (χ4v) is 2.23. The number of carboxylic acid groups (broad SMARTS) is 1.